The van der Waals surface area contributed by atoms with Crippen LogP contribution in [-0.2, 0) is 9.63 Å². The van der Waals surface area contributed by atoms with Crippen molar-refractivity contribution in [2.24, 2.45) is 10.9 Å². The summed E-state index contributed by atoms with van der Waals surface area (Å²) in [5, 5.41) is 14.1. The maximum absolute atomic E-state index is 11.5. The average Bonchev–Trinajstić information content (AvgIpc) is 2.58. The molecule has 0 bridgehead atoms. The van der Waals surface area contributed by atoms with Crippen molar-refractivity contribution in [1.29, 1.82) is 0 Å². The Morgan fingerprint density at radius 1 is 1.13 bits per heavy atom. The smallest absolute Gasteiger partial charge is 0.358 e. The van der Waals surface area contributed by atoms with Crippen molar-refractivity contribution in [3.8, 4) is 0 Å². The third kappa shape index (κ3) is 4.78. The number of nitrogens with zero attached hydrogens (tertiary/aromatic N) is 2. The van der Waals surface area contributed by atoms with E-state index in [1.165, 1.54) is 30.3 Å². The summed E-state index contributed by atoms with van der Waals surface area (Å²) in [6.07, 6.45) is 2.81. The fourth-order valence-electron chi connectivity index (χ4n) is 1.66. The van der Waals surface area contributed by atoms with Gasteiger partial charge in [-0.05, 0) is 23.8 Å². The molecular formula is C16H13N3O4. The molecule has 0 saturated heterocycles. The van der Waals surface area contributed by atoms with Crippen LogP contribution in [0.2, 0.25) is 0 Å². The highest BCUT2D eigenvalue weighted by Gasteiger charge is 2.06. The molecule has 0 amide bonds. The predicted octanol–water partition coefficient (Wildman–Crippen LogP) is 2.47. The SMILES string of the molecule is N/C(=N/OC(=O)/C=C/c1ccccc1)c1ccc([N+](=O)[O-])cc1. The number of benzene rings is 2. The topological polar surface area (TPSA) is 108 Å². The van der Waals surface area contributed by atoms with Gasteiger partial charge in [-0.1, -0.05) is 35.5 Å². The highest BCUT2D eigenvalue weighted by atomic mass is 16.7. The molecule has 0 atom stereocenters. The van der Waals surface area contributed by atoms with E-state index in [9.17, 15) is 14.9 Å². The Morgan fingerprint density at radius 3 is 2.39 bits per heavy atom. The molecule has 116 valence electrons. The van der Waals surface area contributed by atoms with E-state index in [0.29, 0.717) is 5.56 Å². The number of non-ortho nitro benzene ring substituents is 1. The van der Waals surface area contributed by atoms with Crippen molar-refractivity contribution in [2.75, 3.05) is 0 Å². The number of nitro groups is 1. The van der Waals surface area contributed by atoms with Crippen molar-refractivity contribution >= 4 is 23.6 Å². The first kappa shape index (κ1) is 15.9. The summed E-state index contributed by atoms with van der Waals surface area (Å²) in [6, 6.07) is 14.6. The van der Waals surface area contributed by atoms with Gasteiger partial charge in [-0.15, -0.1) is 0 Å². The zero-order valence-electron chi connectivity index (χ0n) is 12.0. The van der Waals surface area contributed by atoms with E-state index in [-0.39, 0.29) is 11.5 Å². The molecule has 0 aliphatic carbocycles. The van der Waals surface area contributed by atoms with Crippen LogP contribution >= 0.6 is 0 Å². The van der Waals surface area contributed by atoms with E-state index in [1.807, 2.05) is 30.3 Å². The molecule has 2 aromatic rings. The number of rotatable bonds is 5. The molecule has 0 saturated carbocycles. The van der Waals surface area contributed by atoms with Crippen molar-refractivity contribution in [3.63, 3.8) is 0 Å². The van der Waals surface area contributed by atoms with Crippen LogP contribution in [0.5, 0.6) is 0 Å². The summed E-state index contributed by atoms with van der Waals surface area (Å²) in [5.74, 6) is -0.736. The molecule has 0 fully saturated rings. The highest BCUT2D eigenvalue weighted by Crippen LogP contribution is 2.11. The van der Waals surface area contributed by atoms with Gasteiger partial charge < -0.3 is 10.6 Å². The lowest BCUT2D eigenvalue weighted by Gasteiger charge is -1.99. The summed E-state index contributed by atoms with van der Waals surface area (Å²) in [7, 11) is 0. The van der Waals surface area contributed by atoms with Crippen LogP contribution in [-0.4, -0.2) is 16.7 Å². The van der Waals surface area contributed by atoms with Crippen LogP contribution < -0.4 is 5.73 Å². The first-order chi connectivity index (χ1) is 11.1. The van der Waals surface area contributed by atoms with E-state index in [2.05, 4.69) is 9.99 Å². The van der Waals surface area contributed by atoms with Gasteiger partial charge in [0.15, 0.2) is 5.84 Å². The maximum atomic E-state index is 11.5. The molecule has 7 nitrogen and oxygen atoms in total. The van der Waals surface area contributed by atoms with E-state index in [4.69, 9.17) is 5.73 Å². The summed E-state index contributed by atoms with van der Waals surface area (Å²) in [4.78, 5) is 26.2. The Morgan fingerprint density at radius 2 is 1.78 bits per heavy atom. The quantitative estimate of drug-likeness (QED) is 0.228. The number of oxime groups is 1. The number of carbonyl (C=O) groups is 1. The van der Waals surface area contributed by atoms with Crippen LogP contribution in [0, 0.1) is 10.1 Å². The Balaban J connectivity index is 1.97. The summed E-state index contributed by atoms with van der Waals surface area (Å²) in [6.45, 7) is 0. The lowest BCUT2D eigenvalue weighted by Crippen LogP contribution is -2.14. The first-order valence-corrected chi connectivity index (χ1v) is 6.58. The largest absolute Gasteiger partial charge is 0.380 e. The zero-order valence-corrected chi connectivity index (χ0v) is 12.0. The third-order valence-corrected chi connectivity index (χ3v) is 2.82. The molecule has 2 aromatic carbocycles. The molecule has 0 heterocycles. The predicted molar refractivity (Wildman–Crippen MR) is 85.4 cm³/mol. The second kappa shape index (κ2) is 7.51. The zero-order chi connectivity index (χ0) is 16.7. The van der Waals surface area contributed by atoms with Crippen molar-refractivity contribution in [3.05, 3.63) is 81.9 Å². The van der Waals surface area contributed by atoms with Crippen LogP contribution in [0.25, 0.3) is 6.08 Å². The van der Waals surface area contributed by atoms with E-state index >= 15 is 0 Å². The molecule has 0 radical (unpaired) electrons. The Bertz CT molecular complexity index is 753. The average molecular weight is 311 g/mol. The van der Waals surface area contributed by atoms with Crippen molar-refractivity contribution < 1.29 is 14.6 Å². The molecule has 2 rings (SSSR count). The lowest BCUT2D eigenvalue weighted by molar-refractivity contribution is -0.384. The van der Waals surface area contributed by atoms with Gasteiger partial charge in [0.05, 0.1) is 4.92 Å². The number of hydrogen-bond donors (Lipinski definition) is 1. The molecule has 23 heavy (non-hydrogen) atoms. The van der Waals surface area contributed by atoms with Gasteiger partial charge in [0.2, 0.25) is 0 Å². The monoisotopic (exact) mass is 311 g/mol. The van der Waals surface area contributed by atoms with E-state index in [1.54, 1.807) is 6.08 Å². The number of carbonyl (C=O) groups excluding carboxylic acids is 1. The number of nitro benzene ring substituents is 1. The molecule has 7 heteroatoms. The standard InChI is InChI=1S/C16H13N3O4/c17-16(13-7-9-14(10-8-13)19(21)22)18-23-15(20)11-6-12-4-2-1-3-5-12/h1-11H,(H2,17,18)/b11-6+. The molecule has 2 N–H and O–H groups in total. The lowest BCUT2D eigenvalue weighted by atomic mass is 10.2. The van der Waals surface area contributed by atoms with E-state index in [0.717, 1.165) is 5.56 Å². The molecular weight excluding hydrogens is 298 g/mol. The van der Waals surface area contributed by atoms with Crippen molar-refractivity contribution in [2.45, 2.75) is 0 Å². The molecule has 0 unspecified atom stereocenters. The summed E-state index contributed by atoms with van der Waals surface area (Å²) >= 11 is 0. The van der Waals surface area contributed by atoms with Gasteiger partial charge in [0.25, 0.3) is 5.69 Å². The molecule has 0 aliphatic rings. The second-order valence-electron chi connectivity index (χ2n) is 4.43. The summed E-state index contributed by atoms with van der Waals surface area (Å²) < 4.78 is 0. The fourth-order valence-corrected chi connectivity index (χ4v) is 1.66. The van der Waals surface area contributed by atoms with Gasteiger partial charge in [-0.2, -0.15) is 0 Å². The van der Waals surface area contributed by atoms with Crippen molar-refractivity contribution in [1.82, 2.24) is 0 Å². The van der Waals surface area contributed by atoms with Crippen LogP contribution in [0.15, 0.2) is 65.8 Å². The van der Waals surface area contributed by atoms with Crippen LogP contribution in [0.3, 0.4) is 0 Å². The van der Waals surface area contributed by atoms with Gasteiger partial charge >= 0.3 is 5.97 Å². The normalized spacial score (nSPS) is 11.4. The first-order valence-electron chi connectivity index (χ1n) is 6.58. The van der Waals surface area contributed by atoms with Crippen LogP contribution in [0.4, 0.5) is 5.69 Å². The van der Waals surface area contributed by atoms with Gasteiger partial charge in [-0.3, -0.25) is 10.1 Å². The molecule has 0 aliphatic heterocycles. The Labute approximate surface area is 131 Å². The number of amidine groups is 1. The van der Waals surface area contributed by atoms with E-state index < -0.39 is 10.9 Å². The number of nitrogens with two attached hydrogens (primary N) is 1. The van der Waals surface area contributed by atoms with Crippen LogP contribution in [0.1, 0.15) is 11.1 Å². The number of hydrogen-bond acceptors (Lipinski definition) is 5. The second-order valence-corrected chi connectivity index (χ2v) is 4.43. The molecule has 0 aromatic heterocycles. The third-order valence-electron chi connectivity index (χ3n) is 2.82. The Hall–Kier alpha value is -3.48. The maximum Gasteiger partial charge on any atom is 0.358 e. The Kier molecular flexibility index (Phi) is 5.19. The van der Waals surface area contributed by atoms with Gasteiger partial charge in [-0.25, -0.2) is 4.79 Å². The van der Waals surface area contributed by atoms with Gasteiger partial charge in [0.1, 0.15) is 0 Å². The highest BCUT2D eigenvalue weighted by molar-refractivity contribution is 5.98. The minimum absolute atomic E-state index is 0.0543. The fraction of sp³-hybridized carbons (Fsp3) is 0. The minimum atomic E-state index is -0.682. The molecule has 0 spiro atoms. The minimum Gasteiger partial charge on any atom is -0.380 e. The van der Waals surface area contributed by atoms with Gasteiger partial charge in [0, 0.05) is 23.8 Å². The summed E-state index contributed by atoms with van der Waals surface area (Å²) in [5.41, 5.74) is 6.85.